The molecule has 2 heterocycles. The molecule has 3 N–H and O–H groups in total. The molecule has 1 aliphatic rings. The van der Waals surface area contributed by atoms with Crippen molar-refractivity contribution in [2.24, 2.45) is 5.92 Å². The fourth-order valence-corrected chi connectivity index (χ4v) is 6.48. The van der Waals surface area contributed by atoms with Crippen LogP contribution in [0.1, 0.15) is 29.8 Å². The second-order valence-corrected chi connectivity index (χ2v) is 13.1. The van der Waals surface area contributed by atoms with Gasteiger partial charge in [-0.1, -0.05) is 13.0 Å². The summed E-state index contributed by atoms with van der Waals surface area (Å²) < 4.78 is 73.0. The number of hydrogen-bond donors (Lipinski definition) is 3. The van der Waals surface area contributed by atoms with Crippen LogP contribution in [0.2, 0.25) is 0 Å². The number of fused-ring (bicyclic) bond motifs is 1. The maximum Gasteiger partial charge on any atom is 0.416 e. The number of halogens is 3. The van der Waals surface area contributed by atoms with Crippen LogP contribution < -0.4 is 14.8 Å². The molecule has 0 saturated heterocycles. The Hall–Kier alpha value is -3.82. The molecule has 2 aromatic carbocycles. The Labute approximate surface area is 251 Å². The van der Waals surface area contributed by atoms with Crippen molar-refractivity contribution in [3.8, 4) is 5.75 Å². The molecule has 0 spiro atoms. The Kier molecular flexibility index (Phi) is 9.57. The second-order valence-electron chi connectivity index (χ2n) is 10.3. The van der Waals surface area contributed by atoms with Gasteiger partial charge in [-0.05, 0) is 60.8 Å². The van der Waals surface area contributed by atoms with Crippen molar-refractivity contribution < 1.29 is 41.0 Å². The molecule has 43 heavy (non-hydrogen) atoms. The molecule has 0 aliphatic carbocycles. The average molecular weight is 641 g/mol. The number of hydrogen-bond acceptors (Lipinski definition) is 7. The predicted octanol–water partition coefficient (Wildman–Crippen LogP) is 4.95. The van der Waals surface area contributed by atoms with Crippen molar-refractivity contribution in [1.82, 2.24) is 9.80 Å². The molecule has 1 aliphatic heterocycles. The maximum atomic E-state index is 13.6. The molecular weight excluding hydrogens is 609 g/mol. The maximum absolute atomic E-state index is 13.6. The summed E-state index contributed by atoms with van der Waals surface area (Å²) in [4.78, 5) is 29.3. The molecule has 232 valence electrons. The van der Waals surface area contributed by atoms with E-state index in [-0.39, 0.29) is 52.5 Å². The summed E-state index contributed by atoms with van der Waals surface area (Å²) in [5.74, 6) is -0.635. The van der Waals surface area contributed by atoms with Gasteiger partial charge in [0.25, 0.3) is 15.9 Å². The van der Waals surface area contributed by atoms with E-state index in [0.717, 1.165) is 35.6 Å². The molecular formula is C28H31F3N4O6S2. The van der Waals surface area contributed by atoms with Crippen LogP contribution in [0.5, 0.6) is 5.75 Å². The Balaban J connectivity index is 1.57. The summed E-state index contributed by atoms with van der Waals surface area (Å²) in [6.07, 6.45) is -5.16. The second kappa shape index (κ2) is 12.8. The normalized spacial score (nSPS) is 18.1. The third-order valence-corrected chi connectivity index (χ3v) is 9.72. The van der Waals surface area contributed by atoms with Gasteiger partial charge in [-0.2, -0.15) is 13.2 Å². The van der Waals surface area contributed by atoms with E-state index >= 15 is 0 Å². The van der Waals surface area contributed by atoms with Crippen LogP contribution in [-0.2, 0) is 16.2 Å². The van der Waals surface area contributed by atoms with E-state index in [9.17, 15) is 36.3 Å². The van der Waals surface area contributed by atoms with Crippen molar-refractivity contribution in [2.45, 2.75) is 36.4 Å². The largest absolute Gasteiger partial charge is 0.487 e. The fraction of sp³-hybridized carbons (Fsp3) is 0.357. The van der Waals surface area contributed by atoms with Gasteiger partial charge in [0.2, 0.25) is 0 Å². The third kappa shape index (κ3) is 7.58. The number of carbonyl (C=O) groups is 2. The van der Waals surface area contributed by atoms with E-state index in [0.29, 0.717) is 0 Å². The van der Waals surface area contributed by atoms with E-state index in [2.05, 4.69) is 10.0 Å². The number of nitrogens with zero attached hydrogens (tertiary/aromatic N) is 2. The Morgan fingerprint density at radius 3 is 2.47 bits per heavy atom. The first-order chi connectivity index (χ1) is 20.2. The number of alkyl halides is 3. The lowest BCUT2D eigenvalue weighted by Gasteiger charge is -2.38. The number of aliphatic hydroxyl groups is 1. The summed E-state index contributed by atoms with van der Waals surface area (Å²) in [6.45, 7) is 3.37. The van der Waals surface area contributed by atoms with Gasteiger partial charge in [0, 0.05) is 30.9 Å². The van der Waals surface area contributed by atoms with Crippen LogP contribution >= 0.6 is 11.3 Å². The van der Waals surface area contributed by atoms with Crippen molar-refractivity contribution in [3.05, 3.63) is 71.1 Å². The summed E-state index contributed by atoms with van der Waals surface area (Å²) in [6, 6.07) is 10.2. The topological polar surface area (TPSA) is 128 Å². The number of anilines is 2. The molecule has 4 rings (SSSR count). The number of ether oxygens (including phenoxy) is 1. The molecule has 0 saturated carbocycles. The minimum Gasteiger partial charge on any atom is -0.487 e. The number of amides is 3. The van der Waals surface area contributed by atoms with Gasteiger partial charge in [-0.3, -0.25) is 9.52 Å². The van der Waals surface area contributed by atoms with E-state index in [4.69, 9.17) is 4.74 Å². The molecule has 0 unspecified atom stereocenters. The first-order valence-electron chi connectivity index (χ1n) is 13.2. The first kappa shape index (κ1) is 32.1. The standard InChI is InChI=1S/C28H31F3N4O6S2/c1-17-14-35(18(2)16-36)26(37)22-13-21(33-43(39,40)25-5-4-12-42-25)10-11-23(22)41-24(17)15-34(3)27(38)32-20-8-6-19(7-9-20)28(29,30)31/h4-13,17-18,24,33,36H,14-16H2,1-3H3,(H,32,38)/t17-,18-,24+/m0/s1. The van der Waals surface area contributed by atoms with Gasteiger partial charge in [0.1, 0.15) is 16.1 Å². The summed E-state index contributed by atoms with van der Waals surface area (Å²) in [5.41, 5.74) is -0.458. The van der Waals surface area contributed by atoms with Gasteiger partial charge >= 0.3 is 12.2 Å². The highest BCUT2D eigenvalue weighted by Crippen LogP contribution is 2.32. The fourth-order valence-electron chi connectivity index (χ4n) is 4.44. The van der Waals surface area contributed by atoms with Gasteiger partial charge < -0.3 is 25.0 Å². The molecule has 0 radical (unpaired) electrons. The Bertz CT molecular complexity index is 1550. The van der Waals surface area contributed by atoms with Gasteiger partial charge in [0.05, 0.1) is 30.3 Å². The SMILES string of the molecule is C[C@H]1CN([C@@H](C)CO)C(=O)c2cc(NS(=O)(=O)c3cccs3)ccc2O[C@@H]1CN(C)C(=O)Nc1ccc(C(F)(F)F)cc1. The molecule has 10 nitrogen and oxygen atoms in total. The number of nitrogens with one attached hydrogen (secondary N) is 2. The average Bonchev–Trinajstić information content (AvgIpc) is 3.51. The van der Waals surface area contributed by atoms with E-state index in [1.807, 2.05) is 6.92 Å². The van der Waals surface area contributed by atoms with Crippen molar-refractivity contribution in [3.63, 3.8) is 0 Å². The van der Waals surface area contributed by atoms with Gasteiger partial charge in [-0.15, -0.1) is 11.3 Å². The highest BCUT2D eigenvalue weighted by atomic mass is 32.2. The highest BCUT2D eigenvalue weighted by molar-refractivity contribution is 7.94. The zero-order valence-electron chi connectivity index (χ0n) is 23.5. The van der Waals surface area contributed by atoms with Crippen molar-refractivity contribution in [1.29, 1.82) is 0 Å². The van der Waals surface area contributed by atoms with E-state index in [1.165, 1.54) is 41.1 Å². The van der Waals surface area contributed by atoms with Crippen LogP contribution in [0.25, 0.3) is 0 Å². The molecule has 1 aromatic heterocycles. The monoisotopic (exact) mass is 640 g/mol. The lowest BCUT2D eigenvalue weighted by atomic mass is 9.99. The lowest BCUT2D eigenvalue weighted by Crippen LogP contribution is -2.50. The van der Waals surface area contributed by atoms with Gasteiger partial charge in [0.15, 0.2) is 0 Å². The third-order valence-electron chi connectivity index (χ3n) is 6.94. The van der Waals surface area contributed by atoms with Crippen molar-refractivity contribution >= 4 is 44.7 Å². The molecule has 3 amide bonds. The van der Waals surface area contributed by atoms with E-state index in [1.54, 1.807) is 18.4 Å². The number of thiophene rings is 1. The summed E-state index contributed by atoms with van der Waals surface area (Å²) in [5, 5.41) is 14.0. The molecule has 3 atom stereocenters. The predicted molar refractivity (Wildman–Crippen MR) is 156 cm³/mol. The number of likely N-dealkylation sites (N-methyl/N-ethyl adjacent to an activating group) is 1. The van der Waals surface area contributed by atoms with Crippen LogP contribution in [0.3, 0.4) is 0 Å². The lowest BCUT2D eigenvalue weighted by molar-refractivity contribution is -0.137. The summed E-state index contributed by atoms with van der Waals surface area (Å²) >= 11 is 1.04. The van der Waals surface area contributed by atoms with Crippen LogP contribution in [-0.4, -0.2) is 74.2 Å². The number of urea groups is 1. The van der Waals surface area contributed by atoms with Gasteiger partial charge in [-0.25, -0.2) is 13.2 Å². The molecule has 3 aromatic rings. The first-order valence-corrected chi connectivity index (χ1v) is 15.5. The molecule has 15 heteroatoms. The number of rotatable bonds is 8. The zero-order valence-corrected chi connectivity index (χ0v) is 25.1. The molecule has 0 bridgehead atoms. The van der Waals surface area contributed by atoms with Crippen LogP contribution in [0.4, 0.5) is 29.3 Å². The zero-order chi connectivity index (χ0) is 31.5. The van der Waals surface area contributed by atoms with Crippen molar-refractivity contribution in [2.75, 3.05) is 36.8 Å². The number of carbonyl (C=O) groups excluding carboxylic acids is 2. The van der Waals surface area contributed by atoms with E-state index < -0.39 is 45.8 Å². The smallest absolute Gasteiger partial charge is 0.416 e. The quantitative estimate of drug-likeness (QED) is 0.320. The molecule has 0 fully saturated rings. The summed E-state index contributed by atoms with van der Waals surface area (Å²) in [7, 11) is -2.39. The van der Waals surface area contributed by atoms with Crippen LogP contribution in [0, 0.1) is 5.92 Å². The minimum atomic E-state index is -4.50. The minimum absolute atomic E-state index is 0.0371. The number of benzene rings is 2. The Morgan fingerprint density at radius 1 is 1.19 bits per heavy atom. The highest BCUT2D eigenvalue weighted by Gasteiger charge is 2.35. The number of sulfonamides is 1. The van der Waals surface area contributed by atoms with Crippen LogP contribution in [0.15, 0.2) is 64.2 Å². The Morgan fingerprint density at radius 2 is 1.86 bits per heavy atom. The number of aliphatic hydroxyl groups excluding tert-OH is 1.